The zero-order chi connectivity index (χ0) is 9.80. The molecule has 15 heavy (non-hydrogen) atoms. The van der Waals surface area contributed by atoms with Crippen molar-refractivity contribution in [2.45, 2.75) is 21.9 Å². The van der Waals surface area contributed by atoms with Crippen LogP contribution in [0, 0.1) is 0 Å². The van der Waals surface area contributed by atoms with E-state index in [-0.39, 0.29) is 12.4 Å². The molecule has 0 radical (unpaired) electrons. The average molecular weight is 264 g/mol. The van der Waals surface area contributed by atoms with Gasteiger partial charge in [0.15, 0.2) is 5.16 Å². The van der Waals surface area contributed by atoms with Gasteiger partial charge < -0.3 is 5.32 Å². The maximum Gasteiger partial charge on any atom is 0.188 e. The van der Waals surface area contributed by atoms with Gasteiger partial charge in [-0.15, -0.1) is 24.2 Å². The number of nitrogens with one attached hydrogen (secondary N) is 1. The summed E-state index contributed by atoms with van der Waals surface area (Å²) in [7, 11) is 0. The maximum atomic E-state index is 4.44. The molecular weight excluding hydrogens is 250 g/mol. The predicted octanol–water partition coefficient (Wildman–Crippen LogP) is 2.07. The fraction of sp³-hybridized carbons (Fsp3) is 0.556. The zero-order valence-corrected chi connectivity index (χ0v) is 10.9. The van der Waals surface area contributed by atoms with E-state index in [1.165, 1.54) is 6.42 Å². The van der Waals surface area contributed by atoms with Crippen molar-refractivity contribution in [1.82, 2.24) is 15.3 Å². The molecule has 1 aromatic heterocycles. The number of rotatable bonds is 3. The first kappa shape index (κ1) is 13.1. The van der Waals surface area contributed by atoms with Crippen LogP contribution in [0.4, 0.5) is 0 Å². The molecule has 0 spiro atoms. The number of hydrogen-bond donors (Lipinski definition) is 1. The summed E-state index contributed by atoms with van der Waals surface area (Å²) < 4.78 is 0. The lowest BCUT2D eigenvalue weighted by atomic mass is 10.4. The van der Waals surface area contributed by atoms with Crippen LogP contribution in [0.2, 0.25) is 0 Å². The second kappa shape index (κ2) is 6.58. The molecule has 1 aliphatic rings. The van der Waals surface area contributed by atoms with Gasteiger partial charge in [-0.2, -0.15) is 0 Å². The Bertz CT molecular complexity index is 305. The highest BCUT2D eigenvalue weighted by Crippen LogP contribution is 2.25. The molecule has 0 aromatic carbocycles. The fourth-order valence-electron chi connectivity index (χ4n) is 1.39. The van der Waals surface area contributed by atoms with E-state index in [2.05, 4.69) is 15.3 Å². The minimum atomic E-state index is 0. The summed E-state index contributed by atoms with van der Waals surface area (Å²) in [5.74, 6) is 0. The molecule has 84 valence electrons. The third-order valence-corrected chi connectivity index (χ3v) is 3.86. The highest BCUT2D eigenvalue weighted by atomic mass is 35.5. The Balaban J connectivity index is 0.00000112. The van der Waals surface area contributed by atoms with E-state index >= 15 is 0 Å². The lowest BCUT2D eigenvalue weighted by Crippen LogP contribution is -2.10. The van der Waals surface area contributed by atoms with E-state index in [0.29, 0.717) is 5.25 Å². The number of aromatic nitrogens is 2. The smallest absolute Gasteiger partial charge is 0.188 e. The standard InChI is InChI=1S/C9H13N3S2.ClH/c1-13-9-11-5-3-8(12-9)14-7-2-4-10-6-7;/h3,5,7,10H,2,4,6H2,1H3;1H. The monoisotopic (exact) mass is 263 g/mol. The maximum absolute atomic E-state index is 4.44. The first-order valence-corrected chi connectivity index (χ1v) is 6.73. The second-order valence-electron chi connectivity index (χ2n) is 3.11. The molecule has 0 amide bonds. The molecule has 1 atom stereocenters. The lowest BCUT2D eigenvalue weighted by Gasteiger charge is -2.06. The van der Waals surface area contributed by atoms with Crippen LogP contribution < -0.4 is 5.32 Å². The molecule has 2 heterocycles. The van der Waals surface area contributed by atoms with Gasteiger partial charge in [0.05, 0.1) is 0 Å². The van der Waals surface area contributed by atoms with Crippen LogP contribution in [0.25, 0.3) is 0 Å². The van der Waals surface area contributed by atoms with Crippen LogP contribution in [0.1, 0.15) is 6.42 Å². The molecular formula is C9H14ClN3S2. The van der Waals surface area contributed by atoms with Crippen molar-refractivity contribution in [2.75, 3.05) is 19.3 Å². The van der Waals surface area contributed by atoms with Crippen LogP contribution >= 0.6 is 35.9 Å². The minimum Gasteiger partial charge on any atom is -0.316 e. The van der Waals surface area contributed by atoms with Gasteiger partial charge in [-0.1, -0.05) is 11.8 Å². The van der Waals surface area contributed by atoms with Crippen molar-refractivity contribution < 1.29 is 0 Å². The Labute approximate surface area is 105 Å². The van der Waals surface area contributed by atoms with Gasteiger partial charge in [0.2, 0.25) is 0 Å². The Morgan fingerprint density at radius 3 is 3.07 bits per heavy atom. The Hall–Kier alpha value is 0.0300. The van der Waals surface area contributed by atoms with Gasteiger partial charge in [0.1, 0.15) is 5.03 Å². The van der Waals surface area contributed by atoms with Crippen LogP contribution in [0.3, 0.4) is 0 Å². The first-order chi connectivity index (χ1) is 6.88. The van der Waals surface area contributed by atoms with Crippen molar-refractivity contribution in [2.24, 2.45) is 0 Å². The average Bonchev–Trinajstić information content (AvgIpc) is 2.71. The van der Waals surface area contributed by atoms with Crippen LogP contribution in [-0.2, 0) is 0 Å². The Morgan fingerprint density at radius 1 is 1.53 bits per heavy atom. The van der Waals surface area contributed by atoms with Crippen molar-refractivity contribution in [3.05, 3.63) is 12.3 Å². The Morgan fingerprint density at radius 2 is 2.40 bits per heavy atom. The minimum absolute atomic E-state index is 0. The summed E-state index contributed by atoms with van der Waals surface area (Å²) in [5, 5.41) is 5.99. The summed E-state index contributed by atoms with van der Waals surface area (Å²) in [5.41, 5.74) is 0. The Kier molecular flexibility index (Phi) is 5.74. The van der Waals surface area contributed by atoms with E-state index in [1.807, 2.05) is 30.3 Å². The molecule has 1 unspecified atom stereocenters. The number of nitrogens with zero attached hydrogens (tertiary/aromatic N) is 2. The van der Waals surface area contributed by atoms with E-state index < -0.39 is 0 Å². The topological polar surface area (TPSA) is 37.8 Å². The SMILES string of the molecule is CSc1nccc(SC2CCNC2)n1.Cl. The quantitative estimate of drug-likeness (QED) is 0.514. The van der Waals surface area contributed by atoms with Gasteiger partial charge in [-0.05, 0) is 25.3 Å². The summed E-state index contributed by atoms with van der Waals surface area (Å²) in [4.78, 5) is 8.60. The summed E-state index contributed by atoms with van der Waals surface area (Å²) in [6.45, 7) is 2.24. The van der Waals surface area contributed by atoms with Crippen molar-refractivity contribution in [1.29, 1.82) is 0 Å². The molecule has 1 N–H and O–H groups in total. The van der Waals surface area contributed by atoms with Crippen LogP contribution in [-0.4, -0.2) is 34.6 Å². The molecule has 3 nitrogen and oxygen atoms in total. The molecule has 0 aliphatic carbocycles. The predicted molar refractivity (Wildman–Crippen MR) is 68.2 cm³/mol. The van der Waals surface area contributed by atoms with Crippen molar-refractivity contribution in [3.63, 3.8) is 0 Å². The van der Waals surface area contributed by atoms with E-state index in [4.69, 9.17) is 0 Å². The third kappa shape index (κ3) is 3.83. The van der Waals surface area contributed by atoms with Gasteiger partial charge >= 0.3 is 0 Å². The molecule has 1 saturated heterocycles. The lowest BCUT2D eigenvalue weighted by molar-refractivity contribution is 0.857. The molecule has 1 aliphatic heterocycles. The number of thioether (sulfide) groups is 2. The van der Waals surface area contributed by atoms with E-state index in [9.17, 15) is 0 Å². The van der Waals surface area contributed by atoms with E-state index in [0.717, 1.165) is 23.3 Å². The highest BCUT2D eigenvalue weighted by Gasteiger charge is 2.16. The second-order valence-corrected chi connectivity index (χ2v) is 5.21. The molecule has 6 heteroatoms. The summed E-state index contributed by atoms with van der Waals surface area (Å²) in [6, 6.07) is 1.99. The van der Waals surface area contributed by atoms with Gasteiger partial charge in [-0.25, -0.2) is 9.97 Å². The van der Waals surface area contributed by atoms with Crippen LogP contribution in [0.5, 0.6) is 0 Å². The van der Waals surface area contributed by atoms with Crippen molar-refractivity contribution >= 4 is 35.9 Å². The van der Waals surface area contributed by atoms with Gasteiger partial charge in [-0.3, -0.25) is 0 Å². The molecule has 1 aromatic rings. The highest BCUT2D eigenvalue weighted by molar-refractivity contribution is 8.00. The van der Waals surface area contributed by atoms with Gasteiger partial charge in [0, 0.05) is 18.0 Å². The zero-order valence-electron chi connectivity index (χ0n) is 8.47. The molecule has 2 rings (SSSR count). The summed E-state index contributed by atoms with van der Waals surface area (Å²) in [6.07, 6.45) is 5.08. The largest absolute Gasteiger partial charge is 0.316 e. The van der Waals surface area contributed by atoms with E-state index in [1.54, 1.807) is 11.8 Å². The fourth-order valence-corrected chi connectivity index (χ4v) is 2.86. The van der Waals surface area contributed by atoms with Crippen LogP contribution in [0.15, 0.2) is 22.4 Å². The summed E-state index contributed by atoms with van der Waals surface area (Å²) >= 11 is 3.44. The van der Waals surface area contributed by atoms with Gasteiger partial charge in [0.25, 0.3) is 0 Å². The first-order valence-electron chi connectivity index (χ1n) is 4.63. The number of halogens is 1. The molecule has 0 bridgehead atoms. The van der Waals surface area contributed by atoms with Crippen molar-refractivity contribution in [3.8, 4) is 0 Å². The molecule has 1 fully saturated rings. The third-order valence-electron chi connectivity index (χ3n) is 2.09. The number of hydrogen-bond acceptors (Lipinski definition) is 5. The normalized spacial score (nSPS) is 19.9. The molecule has 0 saturated carbocycles.